The first-order chi connectivity index (χ1) is 8.72. The Hall–Kier alpha value is -1.10. The lowest BCUT2D eigenvalue weighted by Crippen LogP contribution is -2.43. The van der Waals surface area contributed by atoms with Gasteiger partial charge in [-0.1, -0.05) is 0 Å². The number of rotatable bonds is 5. The highest BCUT2D eigenvalue weighted by atomic mass is 16.5. The average molecular weight is 255 g/mol. The number of carbonyl (C=O) groups excluding carboxylic acids is 2. The van der Waals surface area contributed by atoms with E-state index in [4.69, 9.17) is 9.47 Å². The van der Waals surface area contributed by atoms with Crippen LogP contribution < -0.4 is 0 Å². The van der Waals surface area contributed by atoms with Gasteiger partial charge in [-0.3, -0.25) is 9.59 Å². The van der Waals surface area contributed by atoms with Gasteiger partial charge in [0.05, 0.1) is 6.61 Å². The minimum atomic E-state index is -0.301. The highest BCUT2D eigenvalue weighted by Gasteiger charge is 2.37. The van der Waals surface area contributed by atoms with Gasteiger partial charge < -0.3 is 14.4 Å². The Morgan fingerprint density at radius 1 is 1.22 bits per heavy atom. The van der Waals surface area contributed by atoms with Gasteiger partial charge in [0, 0.05) is 25.2 Å². The van der Waals surface area contributed by atoms with Crippen LogP contribution in [0, 0.1) is 5.92 Å². The van der Waals surface area contributed by atoms with Crippen LogP contribution in [0.2, 0.25) is 0 Å². The summed E-state index contributed by atoms with van der Waals surface area (Å²) in [7, 11) is 0. The predicted octanol–water partition coefficient (Wildman–Crippen LogP) is 0.967. The standard InChI is InChI=1S/C13H21NO4/c1-2-18-12(15)9-14(11-3-4-11)13(16)10-5-7-17-8-6-10/h10-11H,2-9H2,1H3. The monoisotopic (exact) mass is 255 g/mol. The molecule has 1 saturated carbocycles. The topological polar surface area (TPSA) is 55.8 Å². The van der Waals surface area contributed by atoms with Crippen molar-refractivity contribution in [3.63, 3.8) is 0 Å². The maximum atomic E-state index is 12.4. The van der Waals surface area contributed by atoms with E-state index in [0.717, 1.165) is 25.7 Å². The van der Waals surface area contributed by atoms with Crippen LogP contribution in [0.25, 0.3) is 0 Å². The van der Waals surface area contributed by atoms with Crippen molar-refractivity contribution in [3.8, 4) is 0 Å². The summed E-state index contributed by atoms with van der Waals surface area (Å²) in [5.74, 6) is -0.174. The molecule has 1 aliphatic carbocycles. The Bertz CT molecular complexity index is 308. The van der Waals surface area contributed by atoms with Gasteiger partial charge >= 0.3 is 5.97 Å². The van der Waals surface area contributed by atoms with E-state index in [2.05, 4.69) is 0 Å². The number of nitrogens with zero attached hydrogens (tertiary/aromatic N) is 1. The van der Waals surface area contributed by atoms with Gasteiger partial charge in [-0.15, -0.1) is 0 Å². The maximum absolute atomic E-state index is 12.4. The maximum Gasteiger partial charge on any atom is 0.325 e. The second-order valence-electron chi connectivity index (χ2n) is 4.89. The summed E-state index contributed by atoms with van der Waals surface area (Å²) in [6.07, 6.45) is 3.55. The molecule has 0 spiro atoms. The molecule has 0 aromatic carbocycles. The molecule has 18 heavy (non-hydrogen) atoms. The number of hydrogen-bond donors (Lipinski definition) is 0. The minimum absolute atomic E-state index is 0.0220. The van der Waals surface area contributed by atoms with Gasteiger partial charge in [-0.2, -0.15) is 0 Å². The molecule has 2 aliphatic rings. The number of amides is 1. The van der Waals surface area contributed by atoms with Crippen LogP contribution in [-0.2, 0) is 19.1 Å². The van der Waals surface area contributed by atoms with E-state index in [9.17, 15) is 9.59 Å². The molecule has 5 heteroatoms. The minimum Gasteiger partial charge on any atom is -0.465 e. The summed E-state index contributed by atoms with van der Waals surface area (Å²) < 4.78 is 10.2. The molecule has 0 N–H and O–H groups in total. The molecule has 0 unspecified atom stereocenters. The van der Waals surface area contributed by atoms with Gasteiger partial charge in [0.1, 0.15) is 6.54 Å². The first-order valence-electron chi connectivity index (χ1n) is 6.76. The van der Waals surface area contributed by atoms with Crippen molar-refractivity contribution >= 4 is 11.9 Å². The van der Waals surface area contributed by atoms with Crippen molar-refractivity contribution in [2.75, 3.05) is 26.4 Å². The predicted molar refractivity (Wildman–Crippen MR) is 64.9 cm³/mol. The van der Waals surface area contributed by atoms with Crippen molar-refractivity contribution in [2.45, 2.75) is 38.6 Å². The van der Waals surface area contributed by atoms with Gasteiger partial charge in [-0.05, 0) is 32.6 Å². The van der Waals surface area contributed by atoms with Crippen molar-refractivity contribution < 1.29 is 19.1 Å². The molecule has 1 amide bonds. The first kappa shape index (κ1) is 13.3. The molecule has 2 fully saturated rings. The van der Waals surface area contributed by atoms with Crippen molar-refractivity contribution in [1.29, 1.82) is 0 Å². The molecule has 1 saturated heterocycles. The average Bonchev–Trinajstić information content (AvgIpc) is 3.21. The van der Waals surface area contributed by atoms with Crippen LogP contribution >= 0.6 is 0 Å². The van der Waals surface area contributed by atoms with Crippen LogP contribution in [0.1, 0.15) is 32.6 Å². The highest BCUT2D eigenvalue weighted by molar-refractivity contribution is 5.84. The zero-order valence-electron chi connectivity index (χ0n) is 10.9. The molecular weight excluding hydrogens is 234 g/mol. The summed E-state index contributed by atoms with van der Waals surface area (Å²) in [5, 5.41) is 0. The molecule has 0 aromatic heterocycles. The third-order valence-electron chi connectivity index (χ3n) is 3.45. The summed E-state index contributed by atoms with van der Waals surface area (Å²) in [5.41, 5.74) is 0. The molecule has 5 nitrogen and oxygen atoms in total. The van der Waals surface area contributed by atoms with E-state index in [1.54, 1.807) is 11.8 Å². The van der Waals surface area contributed by atoms with Gasteiger partial charge in [0.15, 0.2) is 0 Å². The Balaban J connectivity index is 1.91. The van der Waals surface area contributed by atoms with Crippen LogP contribution in [0.4, 0.5) is 0 Å². The van der Waals surface area contributed by atoms with E-state index in [1.165, 1.54) is 0 Å². The Labute approximate surface area is 107 Å². The lowest BCUT2D eigenvalue weighted by atomic mass is 9.98. The number of carbonyl (C=O) groups is 2. The largest absolute Gasteiger partial charge is 0.465 e. The second-order valence-corrected chi connectivity index (χ2v) is 4.89. The van der Waals surface area contributed by atoms with E-state index >= 15 is 0 Å². The second kappa shape index (κ2) is 6.18. The van der Waals surface area contributed by atoms with Gasteiger partial charge in [-0.25, -0.2) is 0 Å². The lowest BCUT2D eigenvalue weighted by molar-refractivity contribution is -0.151. The van der Waals surface area contributed by atoms with Crippen LogP contribution in [-0.4, -0.2) is 49.2 Å². The molecule has 0 bridgehead atoms. The van der Waals surface area contributed by atoms with Gasteiger partial charge in [0.25, 0.3) is 0 Å². The fraction of sp³-hybridized carbons (Fsp3) is 0.846. The van der Waals surface area contributed by atoms with Gasteiger partial charge in [0.2, 0.25) is 5.91 Å². The summed E-state index contributed by atoms with van der Waals surface area (Å²) in [6, 6.07) is 0.254. The molecule has 1 aliphatic heterocycles. The Morgan fingerprint density at radius 3 is 2.44 bits per heavy atom. The highest BCUT2D eigenvalue weighted by Crippen LogP contribution is 2.30. The zero-order valence-corrected chi connectivity index (χ0v) is 10.9. The fourth-order valence-electron chi connectivity index (χ4n) is 2.30. The number of esters is 1. The normalized spacial score (nSPS) is 20.5. The number of hydrogen-bond acceptors (Lipinski definition) is 4. The smallest absolute Gasteiger partial charge is 0.325 e. The third-order valence-corrected chi connectivity index (χ3v) is 3.45. The molecule has 0 aromatic rings. The molecule has 0 atom stereocenters. The van der Waals surface area contributed by atoms with Crippen molar-refractivity contribution in [1.82, 2.24) is 4.90 Å². The van der Waals surface area contributed by atoms with Crippen molar-refractivity contribution in [2.24, 2.45) is 5.92 Å². The van der Waals surface area contributed by atoms with E-state index in [0.29, 0.717) is 19.8 Å². The molecule has 1 heterocycles. The zero-order chi connectivity index (χ0) is 13.0. The number of ether oxygens (including phenoxy) is 2. The summed E-state index contributed by atoms with van der Waals surface area (Å²) >= 11 is 0. The van der Waals surface area contributed by atoms with Crippen LogP contribution in [0.15, 0.2) is 0 Å². The molecular formula is C13H21NO4. The first-order valence-corrected chi connectivity index (χ1v) is 6.76. The van der Waals surface area contributed by atoms with Crippen molar-refractivity contribution in [3.05, 3.63) is 0 Å². The molecule has 102 valence electrons. The fourth-order valence-corrected chi connectivity index (χ4v) is 2.30. The SMILES string of the molecule is CCOC(=O)CN(C(=O)C1CCOCC1)C1CC1. The third kappa shape index (κ3) is 3.45. The molecule has 2 rings (SSSR count). The lowest BCUT2D eigenvalue weighted by Gasteiger charge is -2.28. The van der Waals surface area contributed by atoms with Crippen LogP contribution in [0.5, 0.6) is 0 Å². The van der Waals surface area contributed by atoms with E-state index in [1.807, 2.05) is 0 Å². The van der Waals surface area contributed by atoms with E-state index < -0.39 is 0 Å². The van der Waals surface area contributed by atoms with Crippen LogP contribution in [0.3, 0.4) is 0 Å². The summed E-state index contributed by atoms with van der Waals surface area (Å²) in [6.45, 7) is 3.54. The van der Waals surface area contributed by atoms with E-state index in [-0.39, 0.29) is 30.4 Å². The Morgan fingerprint density at radius 2 is 1.89 bits per heavy atom. The summed E-state index contributed by atoms with van der Waals surface area (Å²) in [4.78, 5) is 25.6. The quantitative estimate of drug-likeness (QED) is 0.687. The Kier molecular flexibility index (Phi) is 4.58. The molecule has 0 radical (unpaired) electrons.